The van der Waals surface area contributed by atoms with E-state index < -0.39 is 0 Å². The van der Waals surface area contributed by atoms with Crippen molar-refractivity contribution in [1.82, 2.24) is 14.7 Å². The molecule has 0 saturated carbocycles. The summed E-state index contributed by atoms with van der Waals surface area (Å²) in [4.78, 5) is 2.28. The van der Waals surface area contributed by atoms with E-state index in [9.17, 15) is 9.50 Å². The zero-order valence-electron chi connectivity index (χ0n) is 16.6. The molecule has 0 spiro atoms. The number of benzene rings is 2. The maximum atomic E-state index is 14.9. The van der Waals surface area contributed by atoms with Crippen molar-refractivity contribution in [2.45, 2.75) is 31.8 Å². The summed E-state index contributed by atoms with van der Waals surface area (Å²) >= 11 is 0. The normalized spacial score (nSPS) is 17.4. The highest BCUT2D eigenvalue weighted by Crippen LogP contribution is 2.31. The molecule has 0 bridgehead atoms. The van der Waals surface area contributed by atoms with E-state index >= 15 is 0 Å². The van der Waals surface area contributed by atoms with Gasteiger partial charge in [0.1, 0.15) is 17.3 Å². The second kappa shape index (κ2) is 8.76. The van der Waals surface area contributed by atoms with Gasteiger partial charge in [0.05, 0.1) is 19.4 Å². The number of hydrogen-bond donors (Lipinski definition) is 1. The average Bonchev–Trinajstić information content (AvgIpc) is 3.18. The fourth-order valence-corrected chi connectivity index (χ4v) is 3.97. The van der Waals surface area contributed by atoms with E-state index in [0.29, 0.717) is 23.6 Å². The third kappa shape index (κ3) is 4.18. The van der Waals surface area contributed by atoms with Crippen LogP contribution in [0.3, 0.4) is 0 Å². The highest BCUT2D eigenvalue weighted by Gasteiger charge is 2.25. The molecule has 2 heterocycles. The lowest BCUT2D eigenvalue weighted by molar-refractivity contribution is 0.0842. The fourth-order valence-electron chi connectivity index (χ4n) is 3.97. The number of piperidine rings is 1. The van der Waals surface area contributed by atoms with Crippen molar-refractivity contribution >= 4 is 0 Å². The number of rotatable bonds is 6. The van der Waals surface area contributed by atoms with E-state index in [2.05, 4.69) is 4.90 Å². The van der Waals surface area contributed by atoms with Crippen LogP contribution in [0.25, 0.3) is 16.9 Å². The van der Waals surface area contributed by atoms with Crippen molar-refractivity contribution in [3.05, 3.63) is 66.1 Å². The summed E-state index contributed by atoms with van der Waals surface area (Å²) in [5.41, 5.74) is 2.94. The van der Waals surface area contributed by atoms with Crippen LogP contribution in [0.4, 0.5) is 4.39 Å². The van der Waals surface area contributed by atoms with Gasteiger partial charge in [0, 0.05) is 36.0 Å². The third-order valence-electron chi connectivity index (χ3n) is 5.58. The Balaban J connectivity index is 1.75. The molecule has 1 saturated heterocycles. The van der Waals surface area contributed by atoms with Gasteiger partial charge in [0.2, 0.25) is 0 Å². The summed E-state index contributed by atoms with van der Waals surface area (Å²) < 4.78 is 21.8. The highest BCUT2D eigenvalue weighted by atomic mass is 19.1. The number of para-hydroxylation sites is 1. The molecule has 6 heteroatoms. The van der Waals surface area contributed by atoms with Gasteiger partial charge in [0.15, 0.2) is 0 Å². The first-order valence-corrected chi connectivity index (χ1v) is 10.0. The molecule has 0 amide bonds. The van der Waals surface area contributed by atoms with E-state index in [1.165, 1.54) is 13.2 Å². The average molecular weight is 395 g/mol. The Kier molecular flexibility index (Phi) is 5.92. The first-order chi connectivity index (χ1) is 14.2. The SMILES string of the molecule is COc1ccc(-c2nn(-c3ccccc3)cc2CN2CCCC[C@H]2CO)c(F)c1. The Hall–Kier alpha value is -2.70. The monoisotopic (exact) mass is 395 g/mol. The van der Waals surface area contributed by atoms with E-state index in [1.54, 1.807) is 16.8 Å². The van der Waals surface area contributed by atoms with Crippen LogP contribution >= 0.6 is 0 Å². The van der Waals surface area contributed by atoms with Crippen molar-refractivity contribution in [2.75, 3.05) is 20.3 Å². The number of methoxy groups -OCH3 is 1. The molecule has 29 heavy (non-hydrogen) atoms. The number of likely N-dealkylation sites (tertiary alicyclic amines) is 1. The van der Waals surface area contributed by atoms with Crippen molar-refractivity contribution in [2.24, 2.45) is 0 Å². The Morgan fingerprint density at radius 1 is 1.17 bits per heavy atom. The number of nitrogens with zero attached hydrogens (tertiary/aromatic N) is 3. The maximum Gasteiger partial charge on any atom is 0.136 e. The van der Waals surface area contributed by atoms with Crippen molar-refractivity contribution in [3.8, 4) is 22.7 Å². The van der Waals surface area contributed by atoms with E-state index in [1.807, 2.05) is 36.5 Å². The molecule has 0 unspecified atom stereocenters. The van der Waals surface area contributed by atoms with Crippen LogP contribution in [-0.2, 0) is 6.54 Å². The Bertz CT molecular complexity index is 958. The standard InChI is InChI=1S/C23H26FN3O2/c1-29-20-10-11-21(22(24)13-20)23-17(14-26-12-6-5-9-19(26)16-28)15-27(25-23)18-7-3-2-4-8-18/h2-4,7-8,10-11,13,15,19,28H,5-6,9,12,14,16H2,1H3/t19-/m0/s1. The molecule has 1 N–H and O–H groups in total. The zero-order valence-corrected chi connectivity index (χ0v) is 16.6. The van der Waals surface area contributed by atoms with Crippen molar-refractivity contribution < 1.29 is 14.2 Å². The molecule has 0 radical (unpaired) electrons. The lowest BCUT2D eigenvalue weighted by Crippen LogP contribution is -2.41. The molecule has 1 fully saturated rings. The Morgan fingerprint density at radius 3 is 2.72 bits per heavy atom. The molecule has 5 nitrogen and oxygen atoms in total. The molecule has 152 valence electrons. The zero-order chi connectivity index (χ0) is 20.2. The molecular formula is C23H26FN3O2. The van der Waals surface area contributed by atoms with Gasteiger partial charge in [-0.2, -0.15) is 5.10 Å². The predicted molar refractivity (Wildman–Crippen MR) is 111 cm³/mol. The van der Waals surface area contributed by atoms with Gasteiger partial charge in [-0.25, -0.2) is 9.07 Å². The first-order valence-electron chi connectivity index (χ1n) is 10.0. The highest BCUT2D eigenvalue weighted by molar-refractivity contribution is 5.65. The van der Waals surface area contributed by atoms with Gasteiger partial charge in [-0.1, -0.05) is 24.6 Å². The van der Waals surface area contributed by atoms with E-state index in [-0.39, 0.29) is 18.5 Å². The second-order valence-electron chi connectivity index (χ2n) is 7.43. The van der Waals surface area contributed by atoms with E-state index in [0.717, 1.165) is 37.1 Å². The van der Waals surface area contributed by atoms with E-state index in [4.69, 9.17) is 9.84 Å². The van der Waals surface area contributed by atoms with Crippen LogP contribution in [0.2, 0.25) is 0 Å². The van der Waals surface area contributed by atoms with Gasteiger partial charge < -0.3 is 9.84 Å². The minimum absolute atomic E-state index is 0.136. The lowest BCUT2D eigenvalue weighted by Gasteiger charge is -2.34. The lowest BCUT2D eigenvalue weighted by atomic mass is 10.0. The van der Waals surface area contributed by atoms with Crippen LogP contribution in [0.1, 0.15) is 24.8 Å². The molecule has 1 aliphatic rings. The Morgan fingerprint density at radius 2 is 2.00 bits per heavy atom. The number of aromatic nitrogens is 2. The summed E-state index contributed by atoms with van der Waals surface area (Å²) in [5, 5.41) is 14.5. The number of aliphatic hydroxyl groups excluding tert-OH is 1. The largest absolute Gasteiger partial charge is 0.497 e. The van der Waals surface area contributed by atoms with Crippen molar-refractivity contribution in [3.63, 3.8) is 0 Å². The molecule has 1 aromatic heterocycles. The summed E-state index contributed by atoms with van der Waals surface area (Å²) in [6.07, 6.45) is 5.19. The topological polar surface area (TPSA) is 50.5 Å². The minimum atomic E-state index is -0.360. The molecule has 0 aliphatic carbocycles. The van der Waals surface area contributed by atoms with Crippen LogP contribution in [0.15, 0.2) is 54.7 Å². The first kappa shape index (κ1) is 19.6. The predicted octanol–water partition coefficient (Wildman–Crippen LogP) is 4.03. The van der Waals surface area contributed by atoms with Crippen LogP contribution in [0, 0.1) is 5.82 Å². The summed E-state index contributed by atoms with van der Waals surface area (Å²) in [5.74, 6) is 0.118. The molecule has 2 aromatic carbocycles. The summed E-state index contributed by atoms with van der Waals surface area (Å²) in [6.45, 7) is 1.68. The van der Waals surface area contributed by atoms with Gasteiger partial charge in [-0.05, 0) is 43.7 Å². The second-order valence-corrected chi connectivity index (χ2v) is 7.43. The smallest absolute Gasteiger partial charge is 0.136 e. The van der Waals surface area contributed by atoms with Gasteiger partial charge in [0.25, 0.3) is 0 Å². The van der Waals surface area contributed by atoms with Crippen LogP contribution in [-0.4, -0.2) is 46.1 Å². The molecule has 4 rings (SSSR count). The molecule has 1 aliphatic heterocycles. The number of hydrogen-bond acceptors (Lipinski definition) is 4. The van der Waals surface area contributed by atoms with Crippen molar-refractivity contribution in [1.29, 1.82) is 0 Å². The van der Waals surface area contributed by atoms with Crippen LogP contribution in [0.5, 0.6) is 5.75 Å². The molecular weight excluding hydrogens is 369 g/mol. The number of aliphatic hydroxyl groups is 1. The number of ether oxygens (including phenoxy) is 1. The Labute approximate surface area is 170 Å². The molecule has 1 atom stereocenters. The third-order valence-corrected chi connectivity index (χ3v) is 5.58. The van der Waals surface area contributed by atoms with Gasteiger partial charge in [-0.15, -0.1) is 0 Å². The van der Waals surface area contributed by atoms with Gasteiger partial charge in [-0.3, -0.25) is 4.90 Å². The van der Waals surface area contributed by atoms with Gasteiger partial charge >= 0.3 is 0 Å². The molecule has 3 aromatic rings. The summed E-state index contributed by atoms with van der Waals surface area (Å²) in [7, 11) is 1.52. The fraction of sp³-hybridized carbons (Fsp3) is 0.348. The minimum Gasteiger partial charge on any atom is -0.497 e. The maximum absolute atomic E-state index is 14.9. The van der Waals surface area contributed by atoms with Crippen LogP contribution < -0.4 is 4.74 Å². The quantitative estimate of drug-likeness (QED) is 0.685. The summed E-state index contributed by atoms with van der Waals surface area (Å²) in [6, 6.07) is 14.8. The number of halogens is 1.